The van der Waals surface area contributed by atoms with Crippen molar-refractivity contribution < 1.29 is 0 Å². The Kier molecular flexibility index (Phi) is 3.00. The van der Waals surface area contributed by atoms with Gasteiger partial charge in [0, 0.05) is 11.8 Å². The van der Waals surface area contributed by atoms with Gasteiger partial charge in [0.2, 0.25) is 0 Å². The fourth-order valence-electron chi connectivity index (χ4n) is 4.00. The first-order chi connectivity index (χ1) is 9.87. The van der Waals surface area contributed by atoms with Crippen LogP contribution in [0.25, 0.3) is 0 Å². The lowest BCUT2D eigenvalue weighted by molar-refractivity contribution is 0.575. The van der Waals surface area contributed by atoms with Crippen LogP contribution in [0.15, 0.2) is 72.8 Å². The molecular weight excluding hydrogens is 259 g/mol. The van der Waals surface area contributed by atoms with Gasteiger partial charge < -0.3 is 0 Å². The maximum absolute atomic E-state index is 2.48. The Hall–Kier alpha value is -1.39. The molecule has 0 spiro atoms. The van der Waals surface area contributed by atoms with Crippen molar-refractivity contribution in [2.24, 2.45) is 11.8 Å². The highest BCUT2D eigenvalue weighted by atomic mass is 31.2. The molecule has 0 radical (unpaired) electrons. The quantitative estimate of drug-likeness (QED) is 0.578. The van der Waals surface area contributed by atoms with Gasteiger partial charge in [0.05, 0.1) is 30.2 Å². The average molecular weight is 279 g/mol. The van der Waals surface area contributed by atoms with Crippen LogP contribution in [0.4, 0.5) is 0 Å². The molecule has 2 aliphatic rings. The second kappa shape index (κ2) is 4.86. The van der Waals surface area contributed by atoms with Gasteiger partial charge in [-0.2, -0.15) is 0 Å². The molecule has 1 fully saturated rings. The van der Waals surface area contributed by atoms with E-state index in [1.165, 1.54) is 18.7 Å². The first-order valence-corrected chi connectivity index (χ1v) is 9.69. The third-order valence-corrected chi connectivity index (χ3v) is 9.61. The van der Waals surface area contributed by atoms with Crippen molar-refractivity contribution in [1.29, 1.82) is 0 Å². The summed E-state index contributed by atoms with van der Waals surface area (Å²) in [6.07, 6.45) is 9.10. The third kappa shape index (κ3) is 1.95. The Morgan fingerprint density at radius 3 is 1.55 bits per heavy atom. The molecule has 100 valence electrons. The van der Waals surface area contributed by atoms with Crippen LogP contribution in [-0.4, -0.2) is 12.3 Å². The Balaban J connectivity index is 1.86. The molecule has 0 aromatic heterocycles. The van der Waals surface area contributed by atoms with E-state index in [2.05, 4.69) is 72.8 Å². The van der Waals surface area contributed by atoms with Crippen molar-refractivity contribution in [2.75, 3.05) is 12.3 Å². The number of rotatable bonds is 2. The molecule has 0 saturated carbocycles. The predicted molar refractivity (Wildman–Crippen MR) is 89.5 cm³/mol. The number of benzene rings is 2. The van der Waals surface area contributed by atoms with E-state index in [4.69, 9.17) is 0 Å². The fraction of sp³-hybridized carbons (Fsp3) is 0.263. The maximum Gasteiger partial charge on any atom is 0.0992 e. The van der Waals surface area contributed by atoms with Crippen LogP contribution in [0.3, 0.4) is 0 Å². The van der Waals surface area contributed by atoms with Gasteiger partial charge in [-0.25, -0.2) is 0 Å². The highest BCUT2D eigenvalue weighted by Crippen LogP contribution is 2.64. The van der Waals surface area contributed by atoms with Gasteiger partial charge in [0.1, 0.15) is 0 Å². The largest absolute Gasteiger partial charge is 0.0992 e. The van der Waals surface area contributed by atoms with Gasteiger partial charge in [-0.3, -0.25) is 0 Å². The van der Waals surface area contributed by atoms with E-state index in [9.17, 15) is 0 Å². The van der Waals surface area contributed by atoms with Crippen LogP contribution in [0.2, 0.25) is 0 Å². The van der Waals surface area contributed by atoms with Crippen LogP contribution in [0, 0.1) is 11.8 Å². The molecule has 1 heterocycles. The van der Waals surface area contributed by atoms with Crippen LogP contribution in [-0.2, 0) is 0 Å². The molecule has 4 rings (SSSR count). The van der Waals surface area contributed by atoms with Gasteiger partial charge in [-0.15, -0.1) is 0 Å². The van der Waals surface area contributed by atoms with E-state index >= 15 is 0 Å². The zero-order valence-corrected chi connectivity index (χ0v) is 12.5. The van der Waals surface area contributed by atoms with Crippen molar-refractivity contribution in [1.82, 2.24) is 0 Å². The summed E-state index contributed by atoms with van der Waals surface area (Å²) >= 11 is 0. The monoisotopic (exact) mass is 279 g/mol. The lowest BCUT2D eigenvalue weighted by Crippen LogP contribution is -2.34. The van der Waals surface area contributed by atoms with E-state index in [1.54, 1.807) is 10.6 Å². The molecule has 0 amide bonds. The SMILES string of the molecule is C1=C[C@H]2C[C@@H]1C[P+](c1ccccc1)(c1ccccc1)C2. The third-order valence-electron chi connectivity index (χ3n) is 4.85. The number of hydrogen-bond acceptors (Lipinski definition) is 0. The minimum absolute atomic E-state index is 0.808. The van der Waals surface area contributed by atoms with Crippen LogP contribution in [0.1, 0.15) is 6.42 Å². The van der Waals surface area contributed by atoms with Crippen LogP contribution in [0.5, 0.6) is 0 Å². The predicted octanol–water partition coefficient (Wildman–Crippen LogP) is 3.86. The molecule has 1 heteroatoms. The molecule has 2 aromatic rings. The molecule has 20 heavy (non-hydrogen) atoms. The van der Waals surface area contributed by atoms with E-state index in [-0.39, 0.29) is 0 Å². The summed E-state index contributed by atoms with van der Waals surface area (Å²) in [5.41, 5.74) is 0. The highest BCUT2D eigenvalue weighted by Gasteiger charge is 2.50. The zero-order chi connectivity index (χ0) is 13.4. The molecule has 2 bridgehead atoms. The van der Waals surface area contributed by atoms with Crippen LogP contribution < -0.4 is 10.6 Å². The van der Waals surface area contributed by atoms with E-state index < -0.39 is 7.26 Å². The second-order valence-corrected chi connectivity index (χ2v) is 9.84. The van der Waals surface area contributed by atoms with Gasteiger partial charge in [-0.05, 0) is 30.7 Å². The first kappa shape index (κ1) is 12.4. The second-order valence-electron chi connectivity index (χ2n) is 6.14. The number of hydrogen-bond donors (Lipinski definition) is 0. The van der Waals surface area contributed by atoms with Gasteiger partial charge in [0.25, 0.3) is 0 Å². The van der Waals surface area contributed by atoms with Gasteiger partial charge >= 0.3 is 0 Å². The van der Waals surface area contributed by atoms with E-state index in [1.807, 2.05) is 0 Å². The molecule has 0 unspecified atom stereocenters. The molecule has 0 nitrogen and oxygen atoms in total. The molecule has 0 N–H and O–H groups in total. The summed E-state index contributed by atoms with van der Waals surface area (Å²) in [5, 5.41) is 3.20. The van der Waals surface area contributed by atoms with Crippen molar-refractivity contribution in [3.8, 4) is 0 Å². The summed E-state index contributed by atoms with van der Waals surface area (Å²) in [6, 6.07) is 22.6. The first-order valence-electron chi connectivity index (χ1n) is 7.53. The minimum atomic E-state index is -1.21. The lowest BCUT2D eigenvalue weighted by Gasteiger charge is -2.34. The topological polar surface area (TPSA) is 0 Å². The Morgan fingerprint density at radius 2 is 1.10 bits per heavy atom. The average Bonchev–Trinajstić information content (AvgIpc) is 2.88. The standard InChI is InChI=1S/C19H20P/c1-3-7-18(8-4-1)20(19-9-5-2-6-10-19)14-16-11-12-17(13-16)15-20/h1-12,16-17H,13-15H2/q+1/t16-,17+. The number of allylic oxidation sites excluding steroid dienone is 2. The van der Waals surface area contributed by atoms with Crippen LogP contribution >= 0.6 is 7.26 Å². The molecule has 1 aliphatic carbocycles. The zero-order valence-electron chi connectivity index (χ0n) is 11.7. The number of fused-ring (bicyclic) bond motifs is 2. The fourth-order valence-corrected chi connectivity index (χ4v) is 8.92. The van der Waals surface area contributed by atoms with E-state index in [0.717, 1.165) is 11.8 Å². The summed E-state index contributed by atoms with van der Waals surface area (Å²) in [6.45, 7) is 0. The van der Waals surface area contributed by atoms with Crippen molar-refractivity contribution >= 4 is 17.9 Å². The van der Waals surface area contributed by atoms with Crippen molar-refractivity contribution in [3.63, 3.8) is 0 Å². The summed E-state index contributed by atoms with van der Waals surface area (Å²) in [7, 11) is -1.21. The minimum Gasteiger partial charge on any atom is -0.0814 e. The summed E-state index contributed by atoms with van der Waals surface area (Å²) in [4.78, 5) is 0. The highest BCUT2D eigenvalue weighted by molar-refractivity contribution is 7.89. The molecule has 1 saturated heterocycles. The van der Waals surface area contributed by atoms with Gasteiger partial charge in [-0.1, -0.05) is 48.6 Å². The molecular formula is C19H20P+. The summed E-state index contributed by atoms with van der Waals surface area (Å²) in [5.74, 6) is 1.62. The maximum atomic E-state index is 2.48. The molecule has 2 atom stereocenters. The smallest absolute Gasteiger partial charge is 0.0814 e. The summed E-state index contributed by atoms with van der Waals surface area (Å²) < 4.78 is 0. The Labute approximate surface area is 121 Å². The lowest BCUT2D eigenvalue weighted by atomic mass is 10.1. The van der Waals surface area contributed by atoms with E-state index in [0.29, 0.717) is 0 Å². The Morgan fingerprint density at radius 1 is 0.650 bits per heavy atom. The van der Waals surface area contributed by atoms with Crippen molar-refractivity contribution in [2.45, 2.75) is 6.42 Å². The molecule has 2 aromatic carbocycles. The van der Waals surface area contributed by atoms with Gasteiger partial charge in [0.15, 0.2) is 0 Å². The van der Waals surface area contributed by atoms with Crippen molar-refractivity contribution in [3.05, 3.63) is 72.8 Å². The normalized spacial score (nSPS) is 26.6. The molecule has 1 aliphatic heterocycles. The Bertz CT molecular complexity index is 559.